The molecule has 1 aromatic heterocycles. The van der Waals surface area contributed by atoms with E-state index in [0.29, 0.717) is 17.3 Å². The number of carboxylic acid groups (broad SMARTS) is 1. The number of carbonyl (C=O) groups excluding carboxylic acids is 1. The predicted molar refractivity (Wildman–Crippen MR) is 110 cm³/mol. The molecule has 0 saturated carbocycles. The number of aliphatic carboxylic acids is 1. The van der Waals surface area contributed by atoms with Crippen molar-refractivity contribution in [1.29, 1.82) is 0 Å². The van der Waals surface area contributed by atoms with Gasteiger partial charge in [-0.1, -0.05) is 0 Å². The predicted octanol–water partition coefficient (Wildman–Crippen LogP) is -0.243. The van der Waals surface area contributed by atoms with Crippen LogP contribution in [-0.2, 0) is 11.3 Å². The molecule has 0 saturated heterocycles. The summed E-state index contributed by atoms with van der Waals surface area (Å²) in [6.45, 7) is 4.27. The van der Waals surface area contributed by atoms with Gasteiger partial charge >= 0.3 is 205 Å². The number of halogens is 1. The van der Waals surface area contributed by atoms with Crippen molar-refractivity contribution in [2.75, 3.05) is 6.54 Å². The molecule has 0 aliphatic heterocycles. The Morgan fingerprint density at radius 1 is 1.21 bits per heavy atom. The van der Waals surface area contributed by atoms with Gasteiger partial charge in [-0.25, -0.2) is 0 Å². The van der Waals surface area contributed by atoms with Crippen molar-refractivity contribution in [3.05, 3.63) is 59.2 Å². The Kier molecular flexibility index (Phi) is 9.44. The summed E-state index contributed by atoms with van der Waals surface area (Å²) in [4.78, 5) is 15.0. The number of rotatable bonds is 8. The van der Waals surface area contributed by atoms with Crippen LogP contribution in [0.2, 0.25) is 5.02 Å². The van der Waals surface area contributed by atoms with Gasteiger partial charge in [0.25, 0.3) is 0 Å². The molecular weight excluding hydrogens is 466 g/mol. The molecule has 0 bridgehead atoms. The molecule has 1 N–H and O–H groups in total. The number of nitrogens with one attached hydrogen (secondary N) is 1. The maximum Gasteiger partial charge on any atom is 1.00 e. The summed E-state index contributed by atoms with van der Waals surface area (Å²) < 4.78 is 7.90. The quantitative estimate of drug-likeness (QED) is 0.446. The molecule has 8 heteroatoms. The average molecular weight is 486 g/mol. The summed E-state index contributed by atoms with van der Waals surface area (Å²) in [5.41, 5.74) is 3.15. The third kappa shape index (κ3) is 6.97. The van der Waals surface area contributed by atoms with Gasteiger partial charge in [0.15, 0.2) is 0 Å². The minimum absolute atomic E-state index is 0. The minimum Gasteiger partial charge on any atom is 1.00 e. The number of carbonyl (C=O) groups is 1. The molecule has 29 heavy (non-hydrogen) atoms. The van der Waals surface area contributed by atoms with Crippen LogP contribution in [0.5, 0.6) is 5.75 Å². The average Bonchev–Trinajstić information content (AvgIpc) is 3.13. The number of hydrogen-bond donors (Lipinski definition) is 1. The second kappa shape index (κ2) is 11.3. The van der Waals surface area contributed by atoms with Crippen LogP contribution >= 0.6 is 11.6 Å². The van der Waals surface area contributed by atoms with E-state index >= 15 is 0 Å². The summed E-state index contributed by atoms with van der Waals surface area (Å²) in [6, 6.07) is 13.8. The van der Waals surface area contributed by atoms with E-state index in [4.69, 9.17) is 16.3 Å². The molecule has 1 heterocycles. The van der Waals surface area contributed by atoms with Gasteiger partial charge in [-0.3, -0.25) is 0 Å². The molecule has 0 atom stereocenters. The molecule has 2 aromatic carbocycles. The number of benzene rings is 2. The van der Waals surface area contributed by atoms with Crippen molar-refractivity contribution in [1.82, 2.24) is 10.3 Å². The summed E-state index contributed by atoms with van der Waals surface area (Å²) in [6.07, 6.45) is 1.98. The Morgan fingerprint density at radius 2 is 1.90 bits per heavy atom. The Hall–Kier alpha value is -1.11. The molecular formula is C21H20ClN2NaO3Se. The number of nitrogens with zero attached hydrogens (tertiary/aromatic N) is 1. The van der Waals surface area contributed by atoms with E-state index in [1.807, 2.05) is 62.5 Å². The summed E-state index contributed by atoms with van der Waals surface area (Å²) in [5, 5.41) is 13.9. The van der Waals surface area contributed by atoms with Gasteiger partial charge < -0.3 is 0 Å². The summed E-state index contributed by atoms with van der Waals surface area (Å²) >= 11 is 6.43. The van der Waals surface area contributed by atoms with E-state index in [9.17, 15) is 9.90 Å². The van der Waals surface area contributed by atoms with Crippen molar-refractivity contribution in [3.63, 3.8) is 0 Å². The number of hydrogen-bond acceptors (Lipinski definition) is 5. The first-order chi connectivity index (χ1) is 13.4. The zero-order valence-corrected chi connectivity index (χ0v) is 21.0. The fourth-order valence-corrected chi connectivity index (χ4v) is 4.77. The van der Waals surface area contributed by atoms with Crippen molar-refractivity contribution < 1.29 is 44.2 Å². The molecule has 0 radical (unpaired) electrons. The SMILES string of the molecule is CC(C)Oc1ccc(-c2ncc(-c3ccc(CNCC(=O)[O-])cc3)[se]2)cc1Cl.[Na+]. The number of carboxylic acids is 1. The first-order valence-corrected chi connectivity index (χ1v) is 10.9. The van der Waals surface area contributed by atoms with Crippen LogP contribution in [0.1, 0.15) is 19.4 Å². The zero-order chi connectivity index (χ0) is 20.1. The van der Waals surface area contributed by atoms with E-state index < -0.39 is 5.97 Å². The molecule has 5 nitrogen and oxygen atoms in total. The zero-order valence-electron chi connectivity index (χ0n) is 16.6. The van der Waals surface area contributed by atoms with Crippen LogP contribution < -0.4 is 44.7 Å². The first kappa shape index (κ1) is 24.2. The Bertz CT molecular complexity index is 961. The summed E-state index contributed by atoms with van der Waals surface area (Å²) in [7, 11) is 0. The normalized spacial score (nSPS) is 10.6. The smallest absolute Gasteiger partial charge is 1.00 e. The minimum atomic E-state index is -1.11. The molecule has 0 amide bonds. The Morgan fingerprint density at radius 3 is 2.52 bits per heavy atom. The van der Waals surface area contributed by atoms with Gasteiger partial charge in [0.1, 0.15) is 0 Å². The maximum absolute atomic E-state index is 10.4. The second-order valence-corrected chi connectivity index (χ2v) is 9.08. The molecule has 0 unspecified atom stereocenters. The van der Waals surface area contributed by atoms with Crippen LogP contribution in [0, 0.1) is 0 Å². The van der Waals surface area contributed by atoms with Crippen molar-refractivity contribution in [2.45, 2.75) is 26.5 Å². The molecule has 0 spiro atoms. The van der Waals surface area contributed by atoms with E-state index in [0.717, 1.165) is 21.3 Å². The third-order valence-corrected chi connectivity index (χ3v) is 6.48. The molecule has 3 rings (SSSR count). The van der Waals surface area contributed by atoms with E-state index in [2.05, 4.69) is 10.3 Å². The number of ether oxygens (including phenoxy) is 1. The third-order valence-electron chi connectivity index (χ3n) is 3.88. The maximum atomic E-state index is 10.4. The summed E-state index contributed by atoms with van der Waals surface area (Å²) in [5.74, 6) is -0.424. The van der Waals surface area contributed by atoms with Gasteiger partial charge in [0.2, 0.25) is 0 Å². The van der Waals surface area contributed by atoms with Gasteiger partial charge in [-0.05, 0) is 0 Å². The van der Waals surface area contributed by atoms with Gasteiger partial charge in [0.05, 0.1) is 0 Å². The fourth-order valence-electron chi connectivity index (χ4n) is 2.62. The standard InChI is InChI=1S/C21H21ClN2O3Se.Na/c1-13(2)27-18-8-7-16(9-17(18)22)21-24-11-19(28-21)15-5-3-14(4-6-15)10-23-12-20(25)26;/h3-9,11,13,23H,10,12H2,1-2H3,(H,25,26);/q;+1/p-1. The van der Waals surface area contributed by atoms with Crippen LogP contribution in [0.25, 0.3) is 20.1 Å². The van der Waals surface area contributed by atoms with E-state index in [-0.39, 0.29) is 56.7 Å². The van der Waals surface area contributed by atoms with Crippen molar-refractivity contribution >= 4 is 32.1 Å². The van der Waals surface area contributed by atoms with E-state index in [1.165, 1.54) is 4.44 Å². The van der Waals surface area contributed by atoms with Crippen LogP contribution in [0.4, 0.5) is 0 Å². The van der Waals surface area contributed by atoms with Crippen molar-refractivity contribution in [3.8, 4) is 25.9 Å². The molecule has 3 aromatic rings. The van der Waals surface area contributed by atoms with E-state index in [1.54, 1.807) is 0 Å². The van der Waals surface area contributed by atoms with Crippen molar-refractivity contribution in [2.24, 2.45) is 0 Å². The van der Waals surface area contributed by atoms with Gasteiger partial charge in [-0.2, -0.15) is 0 Å². The van der Waals surface area contributed by atoms with Crippen LogP contribution in [0.15, 0.2) is 48.7 Å². The monoisotopic (exact) mass is 486 g/mol. The Labute approximate surface area is 203 Å². The van der Waals surface area contributed by atoms with Gasteiger partial charge in [-0.15, -0.1) is 0 Å². The second-order valence-electron chi connectivity index (χ2n) is 6.51. The van der Waals surface area contributed by atoms with Crippen LogP contribution in [-0.4, -0.2) is 38.1 Å². The fraction of sp³-hybridized carbons (Fsp3) is 0.238. The molecule has 0 aliphatic rings. The van der Waals surface area contributed by atoms with Gasteiger partial charge in [0, 0.05) is 0 Å². The number of aromatic nitrogens is 1. The largest absolute Gasteiger partial charge is 1.00 e. The topological polar surface area (TPSA) is 74.3 Å². The molecule has 0 fully saturated rings. The molecule has 146 valence electrons. The van der Waals surface area contributed by atoms with Crippen LogP contribution in [0.3, 0.4) is 0 Å². The Balaban J connectivity index is 0.00000300. The first-order valence-electron chi connectivity index (χ1n) is 8.84. The molecule has 0 aliphatic carbocycles.